The molecule has 3 unspecified atom stereocenters. The molecule has 1 aliphatic carbocycles. The minimum atomic E-state index is -3.22. The Bertz CT molecular complexity index is 368. The Kier molecular flexibility index (Phi) is 7.48. The third kappa shape index (κ3) is 5.34. The van der Waals surface area contributed by atoms with E-state index < -0.39 is 10.0 Å². The normalized spacial score (nSPS) is 25.9. The van der Waals surface area contributed by atoms with Crippen molar-refractivity contribution in [1.29, 1.82) is 0 Å². The first-order valence-corrected chi connectivity index (χ1v) is 9.65. The van der Waals surface area contributed by atoms with Gasteiger partial charge in [0.25, 0.3) is 0 Å². The van der Waals surface area contributed by atoms with Crippen molar-refractivity contribution in [3.8, 4) is 0 Å². The second-order valence-corrected chi connectivity index (χ2v) is 8.61. The fourth-order valence-corrected chi connectivity index (χ4v) is 4.31. The van der Waals surface area contributed by atoms with Crippen LogP contribution in [0.1, 0.15) is 59.8 Å². The van der Waals surface area contributed by atoms with Crippen molar-refractivity contribution in [3.63, 3.8) is 0 Å². The topological polar surface area (TPSA) is 58.2 Å². The number of hydrogen-bond acceptors (Lipinski definition) is 3. The lowest BCUT2D eigenvalue weighted by molar-refractivity contribution is 0.226. The van der Waals surface area contributed by atoms with Crippen LogP contribution in [0.3, 0.4) is 0 Å². The second-order valence-electron chi connectivity index (χ2n) is 6.48. The van der Waals surface area contributed by atoms with Crippen LogP contribution < -0.4 is 10.0 Å². The quantitative estimate of drug-likeness (QED) is 0.677. The van der Waals surface area contributed by atoms with Crippen LogP contribution in [0.15, 0.2) is 0 Å². The molecular formula is C15H32N2O2S. The predicted octanol–water partition coefficient (Wildman–Crippen LogP) is 2.51. The molecule has 0 radical (unpaired) electrons. The van der Waals surface area contributed by atoms with Crippen LogP contribution in [0.2, 0.25) is 0 Å². The van der Waals surface area contributed by atoms with Gasteiger partial charge in [-0.2, -0.15) is 0 Å². The molecule has 0 aromatic heterocycles. The van der Waals surface area contributed by atoms with E-state index in [0.717, 1.165) is 32.2 Å². The highest BCUT2D eigenvalue weighted by atomic mass is 32.2. The first kappa shape index (κ1) is 17.9. The van der Waals surface area contributed by atoms with E-state index in [2.05, 4.69) is 30.8 Å². The Morgan fingerprint density at radius 3 is 2.40 bits per heavy atom. The van der Waals surface area contributed by atoms with Crippen molar-refractivity contribution >= 4 is 10.0 Å². The minimum Gasteiger partial charge on any atom is -0.315 e. The highest BCUT2D eigenvalue weighted by molar-refractivity contribution is 7.90. The van der Waals surface area contributed by atoms with Gasteiger partial charge in [0.1, 0.15) is 0 Å². The molecule has 0 aromatic rings. The number of hydrogen-bond donors (Lipinski definition) is 2. The van der Waals surface area contributed by atoms with Gasteiger partial charge in [0.15, 0.2) is 0 Å². The minimum absolute atomic E-state index is 0.127. The van der Waals surface area contributed by atoms with Gasteiger partial charge in [-0.05, 0) is 44.6 Å². The van der Waals surface area contributed by atoms with Gasteiger partial charge in [0.05, 0.1) is 5.25 Å². The molecule has 0 saturated heterocycles. The molecule has 0 heterocycles. The molecule has 0 aromatic carbocycles. The number of rotatable bonds is 8. The molecular weight excluding hydrogens is 272 g/mol. The lowest BCUT2D eigenvalue weighted by Gasteiger charge is -2.35. The molecule has 0 amide bonds. The van der Waals surface area contributed by atoms with Gasteiger partial charge >= 0.3 is 0 Å². The van der Waals surface area contributed by atoms with Gasteiger partial charge in [0.2, 0.25) is 10.0 Å². The van der Waals surface area contributed by atoms with Crippen LogP contribution >= 0.6 is 0 Å². The summed E-state index contributed by atoms with van der Waals surface area (Å²) in [6, 6.07) is 0.127. The molecule has 5 heteroatoms. The Hall–Kier alpha value is -0.130. The number of sulfonamides is 1. The van der Waals surface area contributed by atoms with Crippen molar-refractivity contribution in [3.05, 3.63) is 0 Å². The Labute approximate surface area is 125 Å². The van der Waals surface area contributed by atoms with E-state index in [-0.39, 0.29) is 11.3 Å². The van der Waals surface area contributed by atoms with Crippen molar-refractivity contribution in [2.75, 3.05) is 13.1 Å². The zero-order valence-corrected chi connectivity index (χ0v) is 14.3. The van der Waals surface area contributed by atoms with Crippen LogP contribution in [-0.4, -0.2) is 32.8 Å². The summed E-state index contributed by atoms with van der Waals surface area (Å²) >= 11 is 0. The summed E-state index contributed by atoms with van der Waals surface area (Å²) in [4.78, 5) is 0. The van der Waals surface area contributed by atoms with Gasteiger partial charge in [0, 0.05) is 12.6 Å². The third-order valence-electron chi connectivity index (χ3n) is 4.38. The van der Waals surface area contributed by atoms with Crippen molar-refractivity contribution in [1.82, 2.24) is 10.0 Å². The van der Waals surface area contributed by atoms with E-state index in [4.69, 9.17) is 0 Å². The van der Waals surface area contributed by atoms with Crippen LogP contribution in [0.25, 0.3) is 0 Å². The van der Waals surface area contributed by atoms with Crippen molar-refractivity contribution < 1.29 is 8.42 Å². The maximum atomic E-state index is 12.4. The zero-order valence-electron chi connectivity index (χ0n) is 13.5. The lowest BCUT2D eigenvalue weighted by atomic mass is 9.78. The monoisotopic (exact) mass is 304 g/mol. The zero-order chi connectivity index (χ0) is 15.2. The molecule has 0 bridgehead atoms. The van der Waals surface area contributed by atoms with Gasteiger partial charge in [-0.1, -0.05) is 33.6 Å². The summed E-state index contributed by atoms with van der Waals surface area (Å²) in [6.07, 6.45) is 5.52. The SMILES string of the molecule is CCCNCC(C)S(=O)(=O)NC1CCCCC1C(C)C. The molecule has 20 heavy (non-hydrogen) atoms. The molecule has 4 nitrogen and oxygen atoms in total. The van der Waals surface area contributed by atoms with E-state index in [0.29, 0.717) is 18.4 Å². The molecule has 0 aliphatic heterocycles. The van der Waals surface area contributed by atoms with E-state index in [1.165, 1.54) is 6.42 Å². The maximum absolute atomic E-state index is 12.4. The molecule has 1 fully saturated rings. The van der Waals surface area contributed by atoms with Crippen LogP contribution in [0.5, 0.6) is 0 Å². The molecule has 2 N–H and O–H groups in total. The predicted molar refractivity (Wildman–Crippen MR) is 85.3 cm³/mol. The Balaban J connectivity index is 2.59. The maximum Gasteiger partial charge on any atom is 0.215 e. The summed E-state index contributed by atoms with van der Waals surface area (Å²) in [7, 11) is -3.22. The largest absolute Gasteiger partial charge is 0.315 e. The van der Waals surface area contributed by atoms with Gasteiger partial charge in [-0.25, -0.2) is 13.1 Å². The highest BCUT2D eigenvalue weighted by Crippen LogP contribution is 2.30. The Morgan fingerprint density at radius 2 is 1.80 bits per heavy atom. The highest BCUT2D eigenvalue weighted by Gasteiger charge is 2.32. The van der Waals surface area contributed by atoms with Crippen molar-refractivity contribution in [2.24, 2.45) is 11.8 Å². The summed E-state index contributed by atoms with van der Waals surface area (Å²) in [5, 5.41) is 2.82. The van der Waals surface area contributed by atoms with E-state index in [9.17, 15) is 8.42 Å². The molecule has 3 atom stereocenters. The molecule has 0 spiro atoms. The molecule has 1 saturated carbocycles. The fraction of sp³-hybridized carbons (Fsp3) is 1.00. The van der Waals surface area contributed by atoms with Crippen LogP contribution in [-0.2, 0) is 10.0 Å². The first-order chi connectivity index (χ1) is 9.38. The smallest absolute Gasteiger partial charge is 0.215 e. The Morgan fingerprint density at radius 1 is 1.15 bits per heavy atom. The molecule has 1 rings (SSSR count). The van der Waals surface area contributed by atoms with Gasteiger partial charge in [-0.3, -0.25) is 0 Å². The summed E-state index contributed by atoms with van der Waals surface area (Å²) in [5.74, 6) is 1.02. The average Bonchev–Trinajstić information content (AvgIpc) is 2.38. The van der Waals surface area contributed by atoms with E-state index in [1.807, 2.05) is 0 Å². The van der Waals surface area contributed by atoms with Crippen LogP contribution in [0.4, 0.5) is 0 Å². The van der Waals surface area contributed by atoms with Gasteiger partial charge in [-0.15, -0.1) is 0 Å². The summed E-state index contributed by atoms with van der Waals surface area (Å²) in [6.45, 7) is 9.67. The van der Waals surface area contributed by atoms with E-state index in [1.54, 1.807) is 6.92 Å². The van der Waals surface area contributed by atoms with Crippen molar-refractivity contribution in [2.45, 2.75) is 71.1 Å². The molecule has 1 aliphatic rings. The number of nitrogens with one attached hydrogen (secondary N) is 2. The third-order valence-corrected chi connectivity index (χ3v) is 6.24. The van der Waals surface area contributed by atoms with Gasteiger partial charge < -0.3 is 5.32 Å². The average molecular weight is 304 g/mol. The summed E-state index contributed by atoms with van der Waals surface area (Å²) < 4.78 is 27.8. The van der Waals surface area contributed by atoms with Crippen LogP contribution in [0, 0.1) is 11.8 Å². The standard InChI is InChI=1S/C15H32N2O2S/c1-5-10-16-11-13(4)20(18,19)17-15-9-7-6-8-14(15)12(2)3/h12-17H,5-11H2,1-4H3. The second kappa shape index (κ2) is 8.35. The lowest BCUT2D eigenvalue weighted by Crippen LogP contribution is -2.48. The first-order valence-electron chi connectivity index (χ1n) is 8.10. The summed E-state index contributed by atoms with van der Waals surface area (Å²) in [5.41, 5.74) is 0. The molecule has 120 valence electrons. The fourth-order valence-electron chi connectivity index (χ4n) is 3.02. The van der Waals surface area contributed by atoms with E-state index >= 15 is 0 Å².